The number of imidazole rings is 1. The summed E-state index contributed by atoms with van der Waals surface area (Å²) in [4.78, 5) is 24.0. The lowest BCUT2D eigenvalue weighted by atomic mass is 10.0. The SMILES string of the molecule is COc1ccc(C(=O)N2CCC(Cc3nc4cccnc4n3C)C2)c(C)c1. The van der Waals surface area contributed by atoms with E-state index < -0.39 is 0 Å². The van der Waals surface area contributed by atoms with Crippen molar-refractivity contribution in [3.05, 3.63) is 53.5 Å². The Bertz CT molecular complexity index is 995. The number of rotatable bonds is 4. The van der Waals surface area contributed by atoms with Crippen molar-refractivity contribution in [2.24, 2.45) is 13.0 Å². The van der Waals surface area contributed by atoms with Crippen LogP contribution in [0.25, 0.3) is 11.2 Å². The van der Waals surface area contributed by atoms with Crippen LogP contribution < -0.4 is 4.74 Å². The van der Waals surface area contributed by atoms with Crippen molar-refractivity contribution in [2.75, 3.05) is 20.2 Å². The lowest BCUT2D eigenvalue weighted by molar-refractivity contribution is 0.0786. The van der Waals surface area contributed by atoms with Crippen molar-refractivity contribution in [2.45, 2.75) is 19.8 Å². The van der Waals surface area contributed by atoms with Crippen LogP contribution in [0.3, 0.4) is 0 Å². The predicted octanol–water partition coefficient (Wildman–Crippen LogP) is 2.99. The van der Waals surface area contributed by atoms with Gasteiger partial charge in [0.25, 0.3) is 5.91 Å². The summed E-state index contributed by atoms with van der Waals surface area (Å²) in [5.41, 5.74) is 3.54. The topological polar surface area (TPSA) is 60.2 Å². The van der Waals surface area contributed by atoms with Gasteiger partial charge in [0.05, 0.1) is 7.11 Å². The van der Waals surface area contributed by atoms with Crippen LogP contribution in [0.5, 0.6) is 5.75 Å². The normalized spacial score (nSPS) is 16.9. The van der Waals surface area contributed by atoms with Crippen molar-refractivity contribution in [3.63, 3.8) is 0 Å². The molecule has 1 aromatic carbocycles. The van der Waals surface area contributed by atoms with Crippen LogP contribution in [0.2, 0.25) is 0 Å². The summed E-state index contributed by atoms with van der Waals surface area (Å²) in [6.45, 7) is 3.51. The van der Waals surface area contributed by atoms with Crippen LogP contribution in [0, 0.1) is 12.8 Å². The van der Waals surface area contributed by atoms with Crippen LogP contribution in [0.15, 0.2) is 36.5 Å². The molecule has 1 aliphatic heterocycles. The van der Waals surface area contributed by atoms with Crippen molar-refractivity contribution in [1.29, 1.82) is 0 Å². The average molecular weight is 364 g/mol. The van der Waals surface area contributed by atoms with Gasteiger partial charge in [0.2, 0.25) is 0 Å². The van der Waals surface area contributed by atoms with Gasteiger partial charge in [-0.2, -0.15) is 0 Å². The van der Waals surface area contributed by atoms with Crippen LogP contribution in [-0.2, 0) is 13.5 Å². The third kappa shape index (κ3) is 3.27. The Morgan fingerprint density at radius 1 is 1.33 bits per heavy atom. The fourth-order valence-electron chi connectivity index (χ4n) is 3.87. The maximum absolute atomic E-state index is 12.9. The van der Waals surface area contributed by atoms with Gasteiger partial charge in [-0.1, -0.05) is 0 Å². The first kappa shape index (κ1) is 17.5. The number of amides is 1. The van der Waals surface area contributed by atoms with Crippen LogP contribution >= 0.6 is 0 Å². The first-order valence-electron chi connectivity index (χ1n) is 9.27. The van der Waals surface area contributed by atoms with Gasteiger partial charge in [-0.3, -0.25) is 4.79 Å². The molecular weight excluding hydrogens is 340 g/mol. The number of hydrogen-bond acceptors (Lipinski definition) is 4. The molecule has 1 saturated heterocycles. The van der Waals surface area contributed by atoms with Crippen LogP contribution in [-0.4, -0.2) is 45.5 Å². The van der Waals surface area contributed by atoms with Crippen molar-refractivity contribution in [3.8, 4) is 5.75 Å². The second-order valence-corrected chi connectivity index (χ2v) is 7.22. The molecule has 1 fully saturated rings. The predicted molar refractivity (Wildman–Crippen MR) is 104 cm³/mol. The minimum atomic E-state index is 0.101. The van der Waals surface area contributed by atoms with Gasteiger partial charge in [-0.25, -0.2) is 9.97 Å². The first-order chi connectivity index (χ1) is 13.1. The molecule has 0 aliphatic carbocycles. The highest BCUT2D eigenvalue weighted by Gasteiger charge is 2.29. The van der Waals surface area contributed by atoms with E-state index in [-0.39, 0.29) is 5.91 Å². The maximum atomic E-state index is 12.9. The fraction of sp³-hybridized carbons (Fsp3) is 0.381. The zero-order valence-corrected chi connectivity index (χ0v) is 16.0. The molecule has 6 heteroatoms. The average Bonchev–Trinajstić information content (AvgIpc) is 3.27. The third-order valence-electron chi connectivity index (χ3n) is 5.43. The van der Waals surface area contributed by atoms with Crippen molar-refractivity contribution in [1.82, 2.24) is 19.4 Å². The number of carbonyl (C=O) groups is 1. The molecule has 0 spiro atoms. The van der Waals surface area contributed by atoms with Gasteiger partial charge < -0.3 is 14.2 Å². The van der Waals surface area contributed by atoms with Gasteiger partial charge in [0, 0.05) is 38.3 Å². The number of nitrogens with zero attached hydrogens (tertiary/aromatic N) is 4. The van der Waals surface area contributed by atoms with Gasteiger partial charge >= 0.3 is 0 Å². The van der Waals surface area contributed by atoms with Crippen molar-refractivity contribution >= 4 is 17.1 Å². The standard InChI is InChI=1S/C21H24N4O2/c1-14-11-16(27-3)6-7-17(14)21(26)25-10-8-15(13-25)12-19-23-18-5-4-9-22-20(18)24(19)2/h4-7,9,11,15H,8,10,12-13H2,1-3H3. The highest BCUT2D eigenvalue weighted by atomic mass is 16.5. The number of aryl methyl sites for hydroxylation is 2. The smallest absolute Gasteiger partial charge is 0.254 e. The summed E-state index contributed by atoms with van der Waals surface area (Å²) < 4.78 is 7.30. The number of benzene rings is 1. The molecule has 0 saturated carbocycles. The van der Waals surface area contributed by atoms with E-state index in [1.807, 2.05) is 49.2 Å². The Kier molecular flexibility index (Phi) is 4.56. The van der Waals surface area contributed by atoms with Crippen LogP contribution in [0.4, 0.5) is 0 Å². The second-order valence-electron chi connectivity index (χ2n) is 7.22. The number of ether oxygens (including phenoxy) is 1. The Morgan fingerprint density at radius 2 is 2.19 bits per heavy atom. The molecule has 0 bridgehead atoms. The monoisotopic (exact) mass is 364 g/mol. The highest BCUT2D eigenvalue weighted by molar-refractivity contribution is 5.96. The zero-order valence-electron chi connectivity index (χ0n) is 16.0. The van der Waals surface area contributed by atoms with Gasteiger partial charge in [0.1, 0.15) is 17.1 Å². The van der Waals surface area contributed by atoms with E-state index >= 15 is 0 Å². The summed E-state index contributed by atoms with van der Waals surface area (Å²) in [6, 6.07) is 9.52. The Morgan fingerprint density at radius 3 is 2.93 bits per heavy atom. The van der Waals surface area contributed by atoms with Crippen LogP contribution in [0.1, 0.15) is 28.2 Å². The number of aromatic nitrogens is 3. The lowest BCUT2D eigenvalue weighted by Crippen LogP contribution is -2.29. The molecule has 1 amide bonds. The Labute approximate surface area is 158 Å². The zero-order chi connectivity index (χ0) is 19.0. The molecule has 1 unspecified atom stereocenters. The lowest BCUT2D eigenvalue weighted by Gasteiger charge is -2.18. The molecule has 2 aromatic heterocycles. The van der Waals surface area contributed by atoms with Gasteiger partial charge in [-0.15, -0.1) is 0 Å². The summed E-state index contributed by atoms with van der Waals surface area (Å²) in [5.74, 6) is 2.33. The summed E-state index contributed by atoms with van der Waals surface area (Å²) in [7, 11) is 3.65. The number of carbonyl (C=O) groups excluding carboxylic acids is 1. The molecule has 1 atom stereocenters. The molecule has 0 N–H and O–H groups in total. The second kappa shape index (κ2) is 7.02. The first-order valence-corrected chi connectivity index (χ1v) is 9.27. The number of methoxy groups -OCH3 is 1. The van der Waals surface area contributed by atoms with E-state index in [1.54, 1.807) is 13.3 Å². The highest BCUT2D eigenvalue weighted by Crippen LogP contribution is 2.25. The summed E-state index contributed by atoms with van der Waals surface area (Å²) in [5, 5.41) is 0. The molecule has 4 rings (SSSR count). The largest absolute Gasteiger partial charge is 0.497 e. The van der Waals surface area contributed by atoms with Gasteiger partial charge in [0.15, 0.2) is 5.65 Å². The van der Waals surface area contributed by atoms with E-state index in [4.69, 9.17) is 9.72 Å². The minimum Gasteiger partial charge on any atom is -0.497 e. The molecule has 3 heterocycles. The van der Waals surface area contributed by atoms with E-state index in [1.165, 1.54) is 0 Å². The Hall–Kier alpha value is -2.89. The summed E-state index contributed by atoms with van der Waals surface area (Å²) >= 11 is 0. The van der Waals surface area contributed by atoms with E-state index in [0.29, 0.717) is 5.92 Å². The number of pyridine rings is 1. The minimum absolute atomic E-state index is 0.101. The Balaban J connectivity index is 1.46. The number of hydrogen-bond donors (Lipinski definition) is 0. The third-order valence-corrected chi connectivity index (χ3v) is 5.43. The van der Waals surface area contributed by atoms with E-state index in [2.05, 4.69) is 9.55 Å². The molecule has 140 valence electrons. The van der Waals surface area contributed by atoms with Gasteiger partial charge in [-0.05, 0) is 55.2 Å². The fourth-order valence-corrected chi connectivity index (χ4v) is 3.87. The molecular formula is C21H24N4O2. The quantitative estimate of drug-likeness (QED) is 0.714. The molecule has 1 aliphatic rings. The molecule has 6 nitrogen and oxygen atoms in total. The van der Waals surface area contributed by atoms with E-state index in [9.17, 15) is 4.79 Å². The number of likely N-dealkylation sites (tertiary alicyclic amines) is 1. The molecule has 27 heavy (non-hydrogen) atoms. The van der Waals surface area contributed by atoms with Crippen molar-refractivity contribution < 1.29 is 9.53 Å². The van der Waals surface area contributed by atoms with E-state index in [0.717, 1.165) is 59.8 Å². The summed E-state index contributed by atoms with van der Waals surface area (Å²) in [6.07, 6.45) is 3.65. The molecule has 3 aromatic rings. The number of fused-ring (bicyclic) bond motifs is 1. The maximum Gasteiger partial charge on any atom is 0.254 e. The molecule has 0 radical (unpaired) electrons.